The van der Waals surface area contributed by atoms with Crippen molar-refractivity contribution in [2.45, 2.75) is 20.8 Å². The molecule has 28 heavy (non-hydrogen) atoms. The highest BCUT2D eigenvalue weighted by molar-refractivity contribution is 7.07. The van der Waals surface area contributed by atoms with Gasteiger partial charge in [-0.2, -0.15) is 5.10 Å². The standard InChI is InChI=1S/C22H23N3O2S/c1-14(2)11-23-22-25(24-12-18-6-5-7-20(26)21(18)27)19(13-28-22)17-9-8-15(3)16(4)10-17/h5-10,12-13,26-27H,1,11H2,2-4H3. The number of hydrogen-bond donors (Lipinski definition) is 2. The molecule has 144 valence electrons. The Kier molecular flexibility index (Phi) is 5.80. The van der Waals surface area contributed by atoms with Crippen LogP contribution in [0.15, 0.2) is 64.0 Å². The molecule has 0 unspecified atom stereocenters. The fourth-order valence-electron chi connectivity index (χ4n) is 2.59. The maximum atomic E-state index is 10.0. The SMILES string of the molecule is C=C(C)CN=c1scc(-c2ccc(C)c(C)c2)n1N=Cc1cccc(O)c1O. The monoisotopic (exact) mass is 393 g/mol. The fourth-order valence-corrected chi connectivity index (χ4v) is 3.43. The fraction of sp³-hybridized carbons (Fsp3) is 0.182. The van der Waals surface area contributed by atoms with Crippen LogP contribution >= 0.6 is 11.3 Å². The number of phenols is 2. The lowest BCUT2D eigenvalue weighted by atomic mass is 10.1. The van der Waals surface area contributed by atoms with Crippen LogP contribution < -0.4 is 4.80 Å². The van der Waals surface area contributed by atoms with Gasteiger partial charge in [0.1, 0.15) is 0 Å². The highest BCUT2D eigenvalue weighted by Gasteiger charge is 2.09. The van der Waals surface area contributed by atoms with Gasteiger partial charge >= 0.3 is 0 Å². The largest absolute Gasteiger partial charge is 0.504 e. The molecule has 0 saturated heterocycles. The smallest absolute Gasteiger partial charge is 0.206 e. The summed E-state index contributed by atoms with van der Waals surface area (Å²) >= 11 is 1.50. The van der Waals surface area contributed by atoms with Crippen molar-refractivity contribution in [2.75, 3.05) is 6.54 Å². The van der Waals surface area contributed by atoms with E-state index in [1.807, 2.05) is 12.3 Å². The molecule has 0 spiro atoms. The number of benzene rings is 2. The topological polar surface area (TPSA) is 70.1 Å². The van der Waals surface area contributed by atoms with Crippen molar-refractivity contribution in [1.82, 2.24) is 4.68 Å². The van der Waals surface area contributed by atoms with E-state index in [9.17, 15) is 10.2 Å². The Morgan fingerprint density at radius 1 is 1.18 bits per heavy atom. The van der Waals surface area contributed by atoms with Crippen LogP contribution in [0.2, 0.25) is 0 Å². The maximum Gasteiger partial charge on any atom is 0.206 e. The van der Waals surface area contributed by atoms with E-state index >= 15 is 0 Å². The van der Waals surface area contributed by atoms with Gasteiger partial charge in [-0.3, -0.25) is 4.99 Å². The molecule has 1 heterocycles. The van der Waals surface area contributed by atoms with E-state index < -0.39 is 0 Å². The molecule has 0 aliphatic carbocycles. The van der Waals surface area contributed by atoms with Gasteiger partial charge in [0.25, 0.3) is 0 Å². The van der Waals surface area contributed by atoms with Crippen molar-refractivity contribution in [3.05, 3.63) is 75.4 Å². The Morgan fingerprint density at radius 2 is 1.96 bits per heavy atom. The molecule has 0 bridgehead atoms. The van der Waals surface area contributed by atoms with E-state index in [4.69, 9.17) is 0 Å². The molecular formula is C22H23N3O2S. The Morgan fingerprint density at radius 3 is 2.68 bits per heavy atom. The second-order valence-electron chi connectivity index (χ2n) is 6.75. The van der Waals surface area contributed by atoms with Crippen LogP contribution in [0.3, 0.4) is 0 Å². The molecule has 2 N–H and O–H groups in total. The molecule has 2 aromatic carbocycles. The first-order valence-corrected chi connectivity index (χ1v) is 9.73. The molecule has 0 saturated carbocycles. The lowest BCUT2D eigenvalue weighted by Crippen LogP contribution is -2.13. The number of aromatic nitrogens is 1. The summed E-state index contributed by atoms with van der Waals surface area (Å²) in [4.78, 5) is 5.33. The molecule has 0 radical (unpaired) electrons. The van der Waals surface area contributed by atoms with E-state index in [1.165, 1.54) is 34.7 Å². The van der Waals surface area contributed by atoms with Crippen LogP contribution in [0.1, 0.15) is 23.6 Å². The zero-order valence-electron chi connectivity index (χ0n) is 16.2. The number of hydrogen-bond acceptors (Lipinski definition) is 5. The minimum absolute atomic E-state index is 0.180. The van der Waals surface area contributed by atoms with Gasteiger partial charge in [-0.1, -0.05) is 30.4 Å². The maximum absolute atomic E-state index is 10.0. The third kappa shape index (κ3) is 4.23. The number of aryl methyl sites for hydroxylation is 2. The van der Waals surface area contributed by atoms with Crippen molar-refractivity contribution >= 4 is 17.6 Å². The summed E-state index contributed by atoms with van der Waals surface area (Å²) in [5, 5.41) is 26.3. The average molecular weight is 394 g/mol. The van der Waals surface area contributed by atoms with Crippen LogP contribution in [-0.4, -0.2) is 27.6 Å². The number of nitrogens with zero attached hydrogens (tertiary/aromatic N) is 3. The third-order valence-corrected chi connectivity index (χ3v) is 5.18. The highest BCUT2D eigenvalue weighted by Crippen LogP contribution is 2.27. The summed E-state index contributed by atoms with van der Waals surface area (Å²) in [6.07, 6.45) is 1.52. The number of thiazole rings is 1. The molecule has 0 fully saturated rings. The minimum atomic E-state index is -0.199. The van der Waals surface area contributed by atoms with Crippen molar-refractivity contribution < 1.29 is 10.2 Å². The Labute approximate surface area is 168 Å². The van der Waals surface area contributed by atoms with Gasteiger partial charge in [-0.05, 0) is 50.1 Å². The summed E-state index contributed by atoms with van der Waals surface area (Å²) in [6, 6.07) is 11.0. The highest BCUT2D eigenvalue weighted by atomic mass is 32.1. The molecule has 1 aromatic heterocycles. The quantitative estimate of drug-likeness (QED) is 0.378. The predicted octanol–water partition coefficient (Wildman–Crippen LogP) is 4.60. The molecule has 3 aromatic rings. The molecular weight excluding hydrogens is 370 g/mol. The molecule has 6 heteroatoms. The molecule has 0 aliphatic rings. The summed E-state index contributed by atoms with van der Waals surface area (Å²) in [7, 11) is 0. The molecule has 0 amide bonds. The van der Waals surface area contributed by atoms with Gasteiger partial charge in [0.15, 0.2) is 11.5 Å². The summed E-state index contributed by atoms with van der Waals surface area (Å²) in [5.74, 6) is -0.379. The predicted molar refractivity (Wildman–Crippen MR) is 115 cm³/mol. The lowest BCUT2D eigenvalue weighted by molar-refractivity contribution is 0.403. The third-order valence-electron chi connectivity index (χ3n) is 4.33. The zero-order chi connectivity index (χ0) is 20.3. The number of para-hydroxylation sites is 1. The average Bonchev–Trinajstić information content (AvgIpc) is 3.06. The Bertz CT molecular complexity index is 1120. The normalized spacial score (nSPS) is 12.0. The Hall–Kier alpha value is -3.12. The Balaban J connectivity index is 2.13. The second kappa shape index (κ2) is 8.27. The minimum Gasteiger partial charge on any atom is -0.504 e. The lowest BCUT2D eigenvalue weighted by Gasteiger charge is -2.07. The molecule has 0 atom stereocenters. The van der Waals surface area contributed by atoms with Crippen molar-refractivity contribution in [3.8, 4) is 22.8 Å². The van der Waals surface area contributed by atoms with Gasteiger partial charge < -0.3 is 10.2 Å². The summed E-state index contributed by atoms with van der Waals surface area (Å²) < 4.78 is 1.75. The second-order valence-corrected chi connectivity index (χ2v) is 7.58. The van der Waals surface area contributed by atoms with Crippen molar-refractivity contribution in [1.29, 1.82) is 0 Å². The number of phenolic OH excluding ortho intramolecular Hbond substituents is 2. The summed E-state index contributed by atoms with van der Waals surface area (Å²) in [6.45, 7) is 10.5. The van der Waals surface area contributed by atoms with Gasteiger partial charge in [-0.25, -0.2) is 4.68 Å². The first kappa shape index (κ1) is 19.6. The van der Waals surface area contributed by atoms with Crippen LogP contribution in [0.5, 0.6) is 11.5 Å². The molecule has 3 rings (SSSR count). The molecule has 0 aliphatic heterocycles. The van der Waals surface area contributed by atoms with E-state index in [0.717, 1.165) is 21.6 Å². The first-order valence-electron chi connectivity index (χ1n) is 8.85. The summed E-state index contributed by atoms with van der Waals surface area (Å²) in [5.41, 5.74) is 5.76. The van der Waals surface area contributed by atoms with Crippen LogP contribution in [0, 0.1) is 13.8 Å². The van der Waals surface area contributed by atoms with E-state index in [2.05, 4.69) is 48.7 Å². The first-order chi connectivity index (χ1) is 13.4. The number of aromatic hydroxyl groups is 2. The van der Waals surface area contributed by atoms with Gasteiger partial charge in [0, 0.05) is 16.5 Å². The van der Waals surface area contributed by atoms with E-state index in [-0.39, 0.29) is 11.5 Å². The van der Waals surface area contributed by atoms with E-state index in [0.29, 0.717) is 12.1 Å². The van der Waals surface area contributed by atoms with Gasteiger partial charge in [0.05, 0.1) is 18.5 Å². The van der Waals surface area contributed by atoms with Crippen LogP contribution in [-0.2, 0) is 0 Å². The van der Waals surface area contributed by atoms with Gasteiger partial charge in [-0.15, -0.1) is 11.3 Å². The zero-order valence-corrected chi connectivity index (χ0v) is 17.0. The van der Waals surface area contributed by atoms with Crippen LogP contribution in [0.25, 0.3) is 11.3 Å². The van der Waals surface area contributed by atoms with Crippen molar-refractivity contribution in [2.24, 2.45) is 10.1 Å². The van der Waals surface area contributed by atoms with Gasteiger partial charge in [0.2, 0.25) is 4.80 Å². The molecule has 5 nitrogen and oxygen atoms in total. The van der Waals surface area contributed by atoms with Crippen molar-refractivity contribution in [3.63, 3.8) is 0 Å². The number of rotatable bonds is 5. The van der Waals surface area contributed by atoms with E-state index in [1.54, 1.807) is 16.8 Å². The van der Waals surface area contributed by atoms with Crippen LogP contribution in [0.4, 0.5) is 0 Å².